The second-order valence-electron chi connectivity index (χ2n) is 3.41. The van der Waals surface area contributed by atoms with Crippen molar-refractivity contribution in [1.82, 2.24) is 4.98 Å². The smallest absolute Gasteiger partial charge is 0.248 e. The molecular weight excluding hydrogens is 294 g/mol. The molecule has 0 spiro atoms. The van der Waals surface area contributed by atoms with Gasteiger partial charge in [0.1, 0.15) is 5.03 Å². The van der Waals surface area contributed by atoms with Gasteiger partial charge in [0.05, 0.1) is 10.6 Å². The fraction of sp³-hybridized carbons (Fsp3) is 0.500. The summed E-state index contributed by atoms with van der Waals surface area (Å²) in [7, 11) is 0. The Bertz CT molecular complexity index is 384. The Morgan fingerprint density at radius 2 is 2.12 bits per heavy atom. The van der Waals surface area contributed by atoms with Crippen LogP contribution in [0.4, 0.5) is 13.2 Å². The molecule has 7 heteroatoms. The summed E-state index contributed by atoms with van der Waals surface area (Å²) in [6.07, 6.45) is -2.88. The van der Waals surface area contributed by atoms with Gasteiger partial charge in [-0.2, -0.15) is 13.2 Å². The van der Waals surface area contributed by atoms with Crippen LogP contribution in [0.2, 0.25) is 5.02 Å². The van der Waals surface area contributed by atoms with Crippen molar-refractivity contribution >= 4 is 35.0 Å². The molecule has 1 aromatic rings. The van der Waals surface area contributed by atoms with Gasteiger partial charge in [-0.25, -0.2) is 4.98 Å². The summed E-state index contributed by atoms with van der Waals surface area (Å²) in [5.74, 6) is 0.492. The Morgan fingerprint density at radius 1 is 1.47 bits per heavy atom. The molecule has 1 heterocycles. The van der Waals surface area contributed by atoms with Gasteiger partial charge in [-0.3, -0.25) is 0 Å². The molecule has 0 fully saturated rings. The van der Waals surface area contributed by atoms with Crippen molar-refractivity contribution < 1.29 is 13.2 Å². The lowest BCUT2D eigenvalue weighted by molar-refractivity contribution is -0.137. The first-order valence-corrected chi connectivity index (χ1v) is 6.59. The molecule has 0 radical (unpaired) electrons. The third-order valence-corrected chi connectivity index (χ3v) is 3.77. The summed E-state index contributed by atoms with van der Waals surface area (Å²) >= 11 is 12.7. The van der Waals surface area contributed by atoms with Gasteiger partial charge in [0.25, 0.3) is 0 Å². The van der Waals surface area contributed by atoms with Gasteiger partial charge in [0, 0.05) is 17.3 Å². The van der Waals surface area contributed by atoms with E-state index in [0.29, 0.717) is 10.9 Å². The summed E-state index contributed by atoms with van der Waals surface area (Å²) in [6, 6.07) is 0.893. The highest BCUT2D eigenvalue weighted by Gasteiger charge is 2.31. The largest absolute Gasteiger partial charge is 0.417 e. The lowest BCUT2D eigenvalue weighted by Crippen LogP contribution is -2.06. The number of nitrogens with zero attached hydrogens (tertiary/aromatic N) is 1. The van der Waals surface area contributed by atoms with E-state index >= 15 is 0 Å². The van der Waals surface area contributed by atoms with E-state index in [4.69, 9.17) is 23.2 Å². The number of hydrogen-bond acceptors (Lipinski definition) is 2. The third-order valence-electron chi connectivity index (χ3n) is 1.96. The van der Waals surface area contributed by atoms with Crippen molar-refractivity contribution in [2.75, 3.05) is 5.88 Å². The molecule has 0 aromatic carbocycles. The standard InChI is InChI=1S/C10H10Cl2F3NS/c1-6(2-3-11)17-9-8(12)4-7(5-16-9)10(13,14)15/h4-6H,2-3H2,1H3. The molecule has 0 amide bonds. The fourth-order valence-corrected chi connectivity index (χ4v) is 2.73. The first-order valence-electron chi connectivity index (χ1n) is 4.80. The molecule has 0 saturated heterocycles. The second-order valence-corrected chi connectivity index (χ2v) is 5.63. The molecule has 0 saturated carbocycles. The summed E-state index contributed by atoms with van der Waals surface area (Å²) in [6.45, 7) is 1.92. The first-order chi connectivity index (χ1) is 7.84. The zero-order chi connectivity index (χ0) is 13.1. The number of hydrogen-bond donors (Lipinski definition) is 0. The molecule has 0 bridgehead atoms. The number of pyridine rings is 1. The van der Waals surface area contributed by atoms with Gasteiger partial charge in [-0.1, -0.05) is 18.5 Å². The topological polar surface area (TPSA) is 12.9 Å². The Kier molecular flexibility index (Phi) is 5.41. The van der Waals surface area contributed by atoms with Crippen molar-refractivity contribution in [1.29, 1.82) is 0 Å². The maximum atomic E-state index is 12.4. The highest BCUT2D eigenvalue weighted by atomic mass is 35.5. The van der Waals surface area contributed by atoms with Gasteiger partial charge in [-0.05, 0) is 12.5 Å². The van der Waals surface area contributed by atoms with Crippen LogP contribution in [0, 0.1) is 0 Å². The van der Waals surface area contributed by atoms with Gasteiger partial charge >= 0.3 is 6.18 Å². The monoisotopic (exact) mass is 303 g/mol. The van der Waals surface area contributed by atoms with Crippen molar-refractivity contribution in [3.05, 3.63) is 22.8 Å². The highest BCUT2D eigenvalue weighted by Crippen LogP contribution is 2.35. The predicted molar refractivity (Wildman–Crippen MR) is 64.9 cm³/mol. The van der Waals surface area contributed by atoms with E-state index in [-0.39, 0.29) is 10.3 Å². The molecule has 1 aromatic heterocycles. The van der Waals surface area contributed by atoms with E-state index < -0.39 is 11.7 Å². The van der Waals surface area contributed by atoms with Crippen LogP contribution in [0.5, 0.6) is 0 Å². The number of aromatic nitrogens is 1. The van der Waals surface area contributed by atoms with Crippen LogP contribution in [0.15, 0.2) is 17.3 Å². The molecule has 0 aliphatic rings. The van der Waals surface area contributed by atoms with Gasteiger partial charge in [-0.15, -0.1) is 23.4 Å². The fourth-order valence-electron chi connectivity index (χ4n) is 1.07. The highest BCUT2D eigenvalue weighted by molar-refractivity contribution is 7.99. The average Bonchev–Trinajstić information content (AvgIpc) is 2.20. The summed E-state index contributed by atoms with van der Waals surface area (Å²) in [4.78, 5) is 3.73. The molecule has 0 N–H and O–H groups in total. The SMILES string of the molecule is CC(CCCl)Sc1ncc(C(F)(F)F)cc1Cl. The van der Waals surface area contributed by atoms with E-state index in [2.05, 4.69) is 4.98 Å². The predicted octanol–water partition coefficient (Wildman–Crippen LogP) is 4.86. The van der Waals surface area contributed by atoms with Crippen molar-refractivity contribution in [2.24, 2.45) is 0 Å². The van der Waals surface area contributed by atoms with E-state index in [1.807, 2.05) is 6.92 Å². The number of rotatable bonds is 4. The zero-order valence-electron chi connectivity index (χ0n) is 8.89. The number of halogens is 5. The summed E-state index contributed by atoms with van der Waals surface area (Å²) in [5, 5.41) is 0.581. The van der Waals surface area contributed by atoms with Crippen LogP contribution < -0.4 is 0 Å². The van der Waals surface area contributed by atoms with Gasteiger partial charge < -0.3 is 0 Å². The Labute approximate surface area is 112 Å². The van der Waals surface area contributed by atoms with Crippen LogP contribution in [0.3, 0.4) is 0 Å². The van der Waals surface area contributed by atoms with Crippen LogP contribution in [-0.2, 0) is 6.18 Å². The molecule has 1 nitrogen and oxygen atoms in total. The Balaban J connectivity index is 2.83. The molecule has 1 atom stereocenters. The normalized spacial score (nSPS) is 13.8. The van der Waals surface area contributed by atoms with Crippen molar-refractivity contribution in [2.45, 2.75) is 29.8 Å². The van der Waals surface area contributed by atoms with E-state index in [9.17, 15) is 13.2 Å². The van der Waals surface area contributed by atoms with E-state index in [1.165, 1.54) is 11.8 Å². The van der Waals surface area contributed by atoms with Crippen LogP contribution >= 0.6 is 35.0 Å². The van der Waals surface area contributed by atoms with Gasteiger partial charge in [0.15, 0.2) is 0 Å². The number of thioether (sulfide) groups is 1. The minimum absolute atomic E-state index is 0.0197. The maximum absolute atomic E-state index is 12.4. The third kappa shape index (κ3) is 4.56. The summed E-state index contributed by atoms with van der Waals surface area (Å²) in [5.41, 5.74) is -0.836. The molecule has 1 rings (SSSR count). The van der Waals surface area contributed by atoms with Crippen molar-refractivity contribution in [3.8, 4) is 0 Å². The molecular formula is C10H10Cl2F3NS. The zero-order valence-corrected chi connectivity index (χ0v) is 11.2. The summed E-state index contributed by atoms with van der Waals surface area (Å²) < 4.78 is 37.1. The van der Waals surface area contributed by atoms with E-state index in [1.54, 1.807) is 0 Å². The molecule has 96 valence electrons. The average molecular weight is 304 g/mol. The first kappa shape index (κ1) is 14.9. The molecule has 0 aliphatic carbocycles. The Hall–Kier alpha value is -0.130. The molecule has 0 aliphatic heterocycles. The van der Waals surface area contributed by atoms with E-state index in [0.717, 1.165) is 18.7 Å². The quantitative estimate of drug-likeness (QED) is 0.582. The second kappa shape index (κ2) is 6.16. The molecule has 17 heavy (non-hydrogen) atoms. The molecule has 1 unspecified atom stereocenters. The van der Waals surface area contributed by atoms with Crippen LogP contribution in [0.25, 0.3) is 0 Å². The minimum Gasteiger partial charge on any atom is -0.248 e. The van der Waals surface area contributed by atoms with Crippen molar-refractivity contribution in [3.63, 3.8) is 0 Å². The Morgan fingerprint density at radius 3 is 2.59 bits per heavy atom. The lowest BCUT2D eigenvalue weighted by Gasteiger charge is -2.11. The maximum Gasteiger partial charge on any atom is 0.417 e. The van der Waals surface area contributed by atoms with Crippen LogP contribution in [-0.4, -0.2) is 16.1 Å². The number of alkyl halides is 4. The van der Waals surface area contributed by atoms with Crippen LogP contribution in [0.1, 0.15) is 18.9 Å². The van der Waals surface area contributed by atoms with Gasteiger partial charge in [0.2, 0.25) is 0 Å². The lowest BCUT2D eigenvalue weighted by atomic mass is 10.3. The minimum atomic E-state index is -4.42.